The summed E-state index contributed by atoms with van der Waals surface area (Å²) in [6, 6.07) is 3.86. The molecule has 0 aliphatic heterocycles. The van der Waals surface area contributed by atoms with E-state index >= 15 is 0 Å². The molecule has 0 unspecified atom stereocenters. The van der Waals surface area contributed by atoms with Gasteiger partial charge in [-0.05, 0) is 0 Å². The molecule has 0 saturated carbocycles. The molecule has 0 bridgehead atoms. The van der Waals surface area contributed by atoms with Crippen LogP contribution in [-0.2, 0) is 0 Å². The molecule has 1 rings (SSSR count). The third-order valence-corrected chi connectivity index (χ3v) is 2.84. The van der Waals surface area contributed by atoms with Crippen molar-refractivity contribution in [1.82, 2.24) is 0 Å². The van der Waals surface area contributed by atoms with Gasteiger partial charge in [0.2, 0.25) is 0 Å². The van der Waals surface area contributed by atoms with Crippen molar-refractivity contribution in [2.45, 2.75) is 0 Å². The summed E-state index contributed by atoms with van der Waals surface area (Å²) in [5.74, 6) is 0. The van der Waals surface area contributed by atoms with E-state index in [-0.39, 0.29) is 3.96 Å². The molecule has 4 heteroatoms. The van der Waals surface area contributed by atoms with Crippen molar-refractivity contribution in [3.05, 3.63) is 17.5 Å². The number of rotatable bonds is 1. The molecule has 1 heterocycles. The first-order valence-electron chi connectivity index (χ1n) is 2.70. The van der Waals surface area contributed by atoms with E-state index in [4.69, 9.17) is 0 Å². The van der Waals surface area contributed by atoms with Crippen LogP contribution in [0.5, 0.6) is 0 Å². The minimum absolute atomic E-state index is 0.0817. The molecule has 53 valence electrons. The molecular formula is C6H6NOSTe. The van der Waals surface area contributed by atoms with Gasteiger partial charge in [0.15, 0.2) is 0 Å². The molecule has 0 aliphatic carbocycles. The molecular weight excluding hydrogens is 262 g/mol. The van der Waals surface area contributed by atoms with Crippen LogP contribution in [0, 0.1) is 0 Å². The summed E-state index contributed by atoms with van der Waals surface area (Å²) in [6.07, 6.45) is 0. The maximum atomic E-state index is 10.8. The van der Waals surface area contributed by atoms with Gasteiger partial charge in [-0.1, -0.05) is 0 Å². The minimum atomic E-state index is 0.0817. The fourth-order valence-electron chi connectivity index (χ4n) is 0.551. The molecule has 0 N–H and O–H groups in total. The van der Waals surface area contributed by atoms with E-state index in [1.54, 1.807) is 23.3 Å². The van der Waals surface area contributed by atoms with Crippen LogP contribution in [0.3, 0.4) is 0 Å². The van der Waals surface area contributed by atoms with E-state index < -0.39 is 0 Å². The molecule has 0 atom stereocenters. The number of anilines is 1. The van der Waals surface area contributed by atoms with Gasteiger partial charge in [-0.3, -0.25) is 0 Å². The van der Waals surface area contributed by atoms with Gasteiger partial charge in [0.1, 0.15) is 0 Å². The van der Waals surface area contributed by atoms with Crippen LogP contribution in [-0.4, -0.2) is 33.3 Å². The predicted octanol–water partition coefficient (Wildman–Crippen LogP) is 1.47. The van der Waals surface area contributed by atoms with Crippen LogP contribution in [0.1, 0.15) is 0 Å². The second-order valence-electron chi connectivity index (χ2n) is 1.78. The number of carbonyl (C=O) groups is 1. The van der Waals surface area contributed by atoms with E-state index in [1.165, 1.54) is 22.3 Å². The van der Waals surface area contributed by atoms with Crippen LogP contribution in [0.2, 0.25) is 0 Å². The summed E-state index contributed by atoms with van der Waals surface area (Å²) in [6.45, 7) is 0. The summed E-state index contributed by atoms with van der Waals surface area (Å²) in [4.78, 5) is 12.4. The number of hydrogen-bond donors (Lipinski definition) is 0. The predicted molar refractivity (Wildman–Crippen MR) is 43.9 cm³/mol. The van der Waals surface area contributed by atoms with Crippen molar-refractivity contribution >= 4 is 42.6 Å². The van der Waals surface area contributed by atoms with E-state index in [1.807, 2.05) is 17.5 Å². The second kappa shape index (κ2) is 3.38. The Kier molecular flexibility index (Phi) is 2.72. The van der Waals surface area contributed by atoms with E-state index in [0.717, 1.165) is 5.00 Å². The molecule has 1 aromatic rings. The normalized spacial score (nSPS) is 9.30. The molecule has 0 spiro atoms. The molecule has 0 aromatic carbocycles. The van der Waals surface area contributed by atoms with E-state index in [9.17, 15) is 4.79 Å². The Morgan fingerprint density at radius 1 is 1.80 bits per heavy atom. The Bertz CT molecular complexity index is 222. The van der Waals surface area contributed by atoms with E-state index in [2.05, 4.69) is 0 Å². The van der Waals surface area contributed by atoms with Crippen LogP contribution in [0.4, 0.5) is 9.80 Å². The average molecular weight is 268 g/mol. The molecule has 0 fully saturated rings. The first-order valence-corrected chi connectivity index (χ1v) is 4.74. The Morgan fingerprint density at radius 2 is 2.50 bits per heavy atom. The van der Waals surface area contributed by atoms with E-state index in [0.29, 0.717) is 0 Å². The standard InChI is InChI=1S/C6H6NOSTe/c1-7(6(8)10)5-3-2-4-9-5/h2-4H,1H3. The molecule has 10 heavy (non-hydrogen) atoms. The maximum absolute atomic E-state index is 10.8. The molecule has 2 nitrogen and oxygen atoms in total. The van der Waals surface area contributed by atoms with Crippen LogP contribution in [0.25, 0.3) is 0 Å². The zero-order valence-corrected chi connectivity index (χ0v) is 8.55. The van der Waals surface area contributed by atoms with Gasteiger partial charge in [0.05, 0.1) is 0 Å². The number of thiophene rings is 1. The van der Waals surface area contributed by atoms with Gasteiger partial charge >= 0.3 is 76.8 Å². The number of carbonyl (C=O) groups excluding carboxylic acids is 1. The Morgan fingerprint density at radius 3 is 2.90 bits per heavy atom. The van der Waals surface area contributed by atoms with Crippen molar-refractivity contribution in [3.63, 3.8) is 0 Å². The topological polar surface area (TPSA) is 20.3 Å². The average Bonchev–Trinajstić information content (AvgIpc) is 2.36. The Labute approximate surface area is 76.7 Å². The Hall–Kier alpha value is -0.0404. The van der Waals surface area contributed by atoms with Crippen molar-refractivity contribution < 1.29 is 4.79 Å². The van der Waals surface area contributed by atoms with Crippen LogP contribution >= 0.6 is 11.3 Å². The zero-order valence-electron chi connectivity index (χ0n) is 5.40. The third-order valence-electron chi connectivity index (χ3n) is 1.11. The fourth-order valence-corrected chi connectivity index (χ4v) is 1.71. The molecule has 0 aliphatic rings. The van der Waals surface area contributed by atoms with Gasteiger partial charge < -0.3 is 0 Å². The van der Waals surface area contributed by atoms with Gasteiger partial charge in [-0.15, -0.1) is 0 Å². The summed E-state index contributed by atoms with van der Waals surface area (Å²) < 4.78 is 0.0817. The molecule has 1 aromatic heterocycles. The van der Waals surface area contributed by atoms with Crippen molar-refractivity contribution in [1.29, 1.82) is 0 Å². The Balaban J connectivity index is 2.77. The zero-order chi connectivity index (χ0) is 7.56. The van der Waals surface area contributed by atoms with Gasteiger partial charge in [0.25, 0.3) is 0 Å². The number of hydrogen-bond acceptors (Lipinski definition) is 2. The van der Waals surface area contributed by atoms with Crippen molar-refractivity contribution in [2.75, 3.05) is 11.9 Å². The van der Waals surface area contributed by atoms with Crippen molar-refractivity contribution in [3.8, 4) is 0 Å². The monoisotopic (exact) mass is 270 g/mol. The van der Waals surface area contributed by atoms with Gasteiger partial charge in [0, 0.05) is 0 Å². The first kappa shape index (κ1) is 8.06. The fraction of sp³-hybridized carbons (Fsp3) is 0.167. The quantitative estimate of drug-likeness (QED) is 0.706. The second-order valence-corrected chi connectivity index (χ2v) is 3.70. The summed E-state index contributed by atoms with van der Waals surface area (Å²) >= 11 is 3.05. The third kappa shape index (κ3) is 1.72. The van der Waals surface area contributed by atoms with Gasteiger partial charge in [-0.2, -0.15) is 0 Å². The van der Waals surface area contributed by atoms with Gasteiger partial charge in [-0.25, -0.2) is 0 Å². The van der Waals surface area contributed by atoms with Crippen LogP contribution < -0.4 is 4.90 Å². The summed E-state index contributed by atoms with van der Waals surface area (Å²) in [5, 5.41) is 2.95. The van der Waals surface area contributed by atoms with Crippen molar-refractivity contribution in [2.24, 2.45) is 0 Å². The summed E-state index contributed by atoms with van der Waals surface area (Å²) in [7, 11) is 1.77. The molecule has 0 saturated heterocycles. The number of amides is 1. The first-order chi connectivity index (χ1) is 4.72. The van der Waals surface area contributed by atoms with Crippen LogP contribution in [0.15, 0.2) is 17.5 Å². The molecule has 1 amide bonds. The molecule has 1 radical (unpaired) electrons. The SMILES string of the molecule is CN(C(=O)[Te])c1cccs1. The summed E-state index contributed by atoms with van der Waals surface area (Å²) in [5.41, 5.74) is 0. The number of nitrogens with zero attached hydrogens (tertiary/aromatic N) is 1.